The minimum atomic E-state index is -2.34. The molecular formula is C51H65F3N6O5Si. The summed E-state index contributed by atoms with van der Waals surface area (Å²) in [6.45, 7) is 20.6. The van der Waals surface area contributed by atoms with E-state index in [1.807, 2.05) is 25.7 Å². The average Bonchev–Trinajstić information content (AvgIpc) is 3.86. The number of anilines is 1. The number of carbonyl (C=O) groups is 1. The smallest absolute Gasteiger partial charge is 0.410 e. The molecule has 9 rings (SSSR count). The van der Waals surface area contributed by atoms with Gasteiger partial charge in [-0.2, -0.15) is 9.97 Å². The Bertz CT molecular complexity index is 2590. The maximum absolute atomic E-state index is 18.2. The summed E-state index contributed by atoms with van der Waals surface area (Å²) in [6.07, 6.45) is 3.34. The Morgan fingerprint density at radius 1 is 0.955 bits per heavy atom. The van der Waals surface area contributed by atoms with Gasteiger partial charge in [-0.15, -0.1) is 5.54 Å². The summed E-state index contributed by atoms with van der Waals surface area (Å²) in [4.78, 5) is 35.2. The molecule has 15 heteroatoms. The first-order valence-electron chi connectivity index (χ1n) is 24.0. The first-order valence-corrected chi connectivity index (χ1v) is 26.2. The average molecular weight is 927 g/mol. The summed E-state index contributed by atoms with van der Waals surface area (Å²) < 4.78 is 73.5. The lowest BCUT2D eigenvalue weighted by molar-refractivity contribution is 0.00720. The first kappa shape index (κ1) is 46.5. The molecule has 0 unspecified atom stereocenters. The molecule has 5 atom stereocenters. The number of aryl methyl sites for hydroxylation is 1. The van der Waals surface area contributed by atoms with Gasteiger partial charge in [0, 0.05) is 37.6 Å². The molecule has 2 aromatic heterocycles. The molecule has 7 heterocycles. The van der Waals surface area contributed by atoms with E-state index in [1.54, 1.807) is 18.2 Å². The fourth-order valence-corrected chi connectivity index (χ4v) is 17.7. The van der Waals surface area contributed by atoms with Crippen molar-refractivity contribution in [2.75, 3.05) is 45.0 Å². The molecule has 1 amide bonds. The molecule has 5 aliphatic heterocycles. The molecule has 0 N–H and O–H groups in total. The van der Waals surface area contributed by atoms with E-state index in [9.17, 15) is 9.18 Å². The zero-order valence-corrected chi connectivity index (χ0v) is 41.2. The van der Waals surface area contributed by atoms with Gasteiger partial charge in [-0.05, 0) is 106 Å². The maximum Gasteiger partial charge on any atom is 0.410 e. The quantitative estimate of drug-likeness (QED) is 0.0868. The van der Waals surface area contributed by atoms with Crippen molar-refractivity contribution in [3.63, 3.8) is 0 Å². The van der Waals surface area contributed by atoms with Crippen LogP contribution in [0, 0.1) is 23.1 Å². The Morgan fingerprint density at radius 2 is 1.71 bits per heavy atom. The highest BCUT2D eigenvalue weighted by Gasteiger charge is 2.52. The van der Waals surface area contributed by atoms with E-state index in [4.69, 9.17) is 33.9 Å². The van der Waals surface area contributed by atoms with Crippen molar-refractivity contribution in [2.45, 2.75) is 159 Å². The Labute approximate surface area is 388 Å². The van der Waals surface area contributed by atoms with Crippen molar-refractivity contribution in [2.24, 2.45) is 0 Å². The number of benzene rings is 2. The number of hydrogen-bond donors (Lipinski definition) is 0. The van der Waals surface area contributed by atoms with Gasteiger partial charge >= 0.3 is 12.1 Å². The van der Waals surface area contributed by atoms with Crippen molar-refractivity contribution < 1.29 is 36.9 Å². The summed E-state index contributed by atoms with van der Waals surface area (Å²) in [5.41, 5.74) is 4.51. The predicted molar refractivity (Wildman–Crippen MR) is 254 cm³/mol. The molecule has 2 bridgehead atoms. The number of piperazine rings is 1. The van der Waals surface area contributed by atoms with Crippen LogP contribution >= 0.6 is 0 Å². The number of aromatic nitrogens is 3. The highest BCUT2D eigenvalue weighted by atomic mass is 28.3. The van der Waals surface area contributed by atoms with Gasteiger partial charge in [0.05, 0.1) is 40.3 Å². The van der Waals surface area contributed by atoms with E-state index in [1.165, 1.54) is 13.2 Å². The number of ether oxygens (including phenoxy) is 4. The van der Waals surface area contributed by atoms with Crippen LogP contribution in [-0.4, -0.2) is 114 Å². The summed E-state index contributed by atoms with van der Waals surface area (Å²) in [5.74, 6) is 3.03. The van der Waals surface area contributed by atoms with Crippen LogP contribution in [0.4, 0.5) is 23.8 Å². The van der Waals surface area contributed by atoms with Crippen LogP contribution in [0.3, 0.4) is 0 Å². The third kappa shape index (κ3) is 7.96. The van der Waals surface area contributed by atoms with Crippen LogP contribution in [0.1, 0.15) is 112 Å². The van der Waals surface area contributed by atoms with E-state index in [-0.39, 0.29) is 60.4 Å². The van der Waals surface area contributed by atoms with Gasteiger partial charge in [-0.1, -0.05) is 53.5 Å². The second kappa shape index (κ2) is 17.5. The lowest BCUT2D eigenvalue weighted by atomic mass is 9.95. The molecule has 2 aromatic carbocycles. The van der Waals surface area contributed by atoms with Gasteiger partial charge in [0.1, 0.15) is 55.0 Å². The van der Waals surface area contributed by atoms with Crippen molar-refractivity contribution in [1.29, 1.82) is 0 Å². The number of pyridine rings is 1. The second-order valence-electron chi connectivity index (χ2n) is 21.3. The monoisotopic (exact) mass is 926 g/mol. The van der Waals surface area contributed by atoms with Gasteiger partial charge in [0.2, 0.25) is 0 Å². The van der Waals surface area contributed by atoms with Crippen LogP contribution in [0.2, 0.25) is 16.6 Å². The number of hydrogen-bond acceptors (Lipinski definition) is 10. The molecule has 66 heavy (non-hydrogen) atoms. The highest BCUT2D eigenvalue weighted by Crippen LogP contribution is 2.47. The number of rotatable bonds is 10. The minimum Gasteiger partial charge on any atom is -0.468 e. The normalized spacial score (nSPS) is 24.0. The molecule has 0 saturated carbocycles. The van der Waals surface area contributed by atoms with E-state index < -0.39 is 37.0 Å². The Kier molecular flexibility index (Phi) is 12.3. The lowest BCUT2D eigenvalue weighted by Crippen LogP contribution is -2.62. The van der Waals surface area contributed by atoms with Crippen molar-refractivity contribution in [3.05, 3.63) is 47.2 Å². The molecular weight excluding hydrogens is 862 g/mol. The number of nitrogens with zero attached hydrogens (tertiary/aromatic N) is 6. The summed E-state index contributed by atoms with van der Waals surface area (Å²) >= 11 is 0. The molecule has 4 fully saturated rings. The van der Waals surface area contributed by atoms with E-state index in [0.717, 1.165) is 32.2 Å². The number of amides is 1. The topological polar surface area (TPSA) is 102 Å². The summed E-state index contributed by atoms with van der Waals surface area (Å²) in [7, 11) is -0.823. The third-order valence-corrected chi connectivity index (χ3v) is 21.6. The molecule has 0 spiro atoms. The summed E-state index contributed by atoms with van der Waals surface area (Å²) in [6, 6.07) is 6.01. The molecule has 4 aromatic rings. The fraction of sp³-hybridized carbons (Fsp3) is 0.608. The largest absolute Gasteiger partial charge is 0.468 e. The Hall–Kier alpha value is -4.65. The molecule has 354 valence electrons. The highest BCUT2D eigenvalue weighted by molar-refractivity contribution is 6.90. The van der Waals surface area contributed by atoms with Gasteiger partial charge in [-0.25, -0.2) is 22.9 Å². The van der Waals surface area contributed by atoms with Crippen LogP contribution in [0.15, 0.2) is 24.3 Å². The number of carbonyl (C=O) groups excluding carboxylic acids is 1. The molecule has 4 saturated heterocycles. The van der Waals surface area contributed by atoms with Gasteiger partial charge in [0.15, 0.2) is 12.6 Å². The fourth-order valence-electron chi connectivity index (χ4n) is 12.5. The van der Waals surface area contributed by atoms with E-state index in [0.29, 0.717) is 88.0 Å². The standard InChI is InChI=1S/C51H65F3N6O5Si/c1-29(2)66(30(3)4,31(5)6)21-18-36-38(53)14-12-32-22-35(64-28-62-10)23-37(42(32)36)45-44(54)46-43-39(55-45)15-17-40-41-16-13-34(60(41)49(61)65-50(7,8)9)26-59(40)47(43)57-48(56-46)63-27-51-19-11-20-58(51)25-33(52)24-51/h12,14,22-23,29-31,33-34,40-41H,11,13,15-17,19-20,24-28H2,1-10H3/t33-,34-,40+,41+,51+/m1/s1. The Balaban J connectivity index is 1.25. The van der Waals surface area contributed by atoms with Gasteiger partial charge in [-0.3, -0.25) is 9.80 Å². The van der Waals surface area contributed by atoms with Crippen molar-refractivity contribution in [3.8, 4) is 34.5 Å². The molecule has 0 radical (unpaired) electrons. The van der Waals surface area contributed by atoms with Crippen LogP contribution in [0.5, 0.6) is 11.8 Å². The van der Waals surface area contributed by atoms with Crippen LogP contribution in [0.25, 0.3) is 32.9 Å². The first-order chi connectivity index (χ1) is 31.4. The Morgan fingerprint density at radius 3 is 2.42 bits per heavy atom. The van der Waals surface area contributed by atoms with Gasteiger partial charge in [0.25, 0.3) is 0 Å². The number of fused-ring (bicyclic) bond motifs is 7. The number of halogens is 3. The van der Waals surface area contributed by atoms with Gasteiger partial charge < -0.3 is 23.8 Å². The second-order valence-corrected chi connectivity index (χ2v) is 26.9. The predicted octanol–water partition coefficient (Wildman–Crippen LogP) is 10.5. The third-order valence-electron chi connectivity index (χ3n) is 15.3. The van der Waals surface area contributed by atoms with E-state index >= 15 is 8.78 Å². The number of alkyl halides is 1. The molecule has 0 aliphatic carbocycles. The lowest BCUT2D eigenvalue weighted by Gasteiger charge is -2.47. The molecule has 5 aliphatic rings. The SMILES string of the molecule is COCOc1cc(-c2nc3c4c(nc(OC[C@@]56CCCN5C[C@H](F)C6)nc4c2F)N2C[C@H]4CC[C@@H]([C@@H]2CC3)N4C(=O)OC(C)(C)C)c2c(C#C[Si](C(C)C)(C(C)C)C(C)C)c(F)ccc2c1. The van der Waals surface area contributed by atoms with Crippen LogP contribution < -0.4 is 14.4 Å². The zero-order valence-electron chi connectivity index (χ0n) is 40.2. The van der Waals surface area contributed by atoms with Crippen molar-refractivity contribution in [1.82, 2.24) is 24.8 Å². The van der Waals surface area contributed by atoms with Crippen LogP contribution in [-0.2, 0) is 15.9 Å². The number of methoxy groups -OCH3 is 1. The minimum absolute atomic E-state index is 0.0115. The van der Waals surface area contributed by atoms with Crippen molar-refractivity contribution >= 4 is 41.7 Å². The zero-order chi connectivity index (χ0) is 47.0. The maximum atomic E-state index is 18.2. The summed E-state index contributed by atoms with van der Waals surface area (Å²) in [5, 5.41) is 1.51. The van der Waals surface area contributed by atoms with E-state index in [2.05, 4.69) is 62.8 Å². The molecule has 11 nitrogen and oxygen atoms in total.